The Balaban J connectivity index is 1.33. The van der Waals surface area contributed by atoms with Crippen molar-refractivity contribution < 1.29 is 9.13 Å². The van der Waals surface area contributed by atoms with Crippen LogP contribution in [0.15, 0.2) is 47.8 Å². The number of aromatic amines is 2. The number of hydrogen-bond acceptors (Lipinski definition) is 8. The van der Waals surface area contributed by atoms with Crippen molar-refractivity contribution in [3.63, 3.8) is 0 Å². The van der Waals surface area contributed by atoms with Crippen molar-refractivity contribution in [3.05, 3.63) is 59.4 Å². The topological polar surface area (TPSA) is 98.0 Å². The second kappa shape index (κ2) is 9.25. The van der Waals surface area contributed by atoms with Crippen molar-refractivity contribution in [1.82, 2.24) is 30.0 Å². The maximum Gasteiger partial charge on any atom is 0.230 e. The summed E-state index contributed by atoms with van der Waals surface area (Å²) in [5.41, 5.74) is 2.52. The fourth-order valence-electron chi connectivity index (χ4n) is 4.23. The zero-order valence-corrected chi connectivity index (χ0v) is 20.7. The van der Waals surface area contributed by atoms with Crippen LogP contribution in [0.1, 0.15) is 5.69 Å². The molecule has 5 aromatic rings. The molecule has 9 nitrogen and oxygen atoms in total. The van der Waals surface area contributed by atoms with Crippen molar-refractivity contribution in [3.8, 4) is 22.2 Å². The number of fused-ring (bicyclic) bond motifs is 1. The maximum absolute atomic E-state index is 15.2. The van der Waals surface area contributed by atoms with E-state index < -0.39 is 5.82 Å². The number of thiophene rings is 1. The number of anilines is 3. The quantitative estimate of drug-likeness (QED) is 0.294. The Morgan fingerprint density at radius 1 is 1.06 bits per heavy atom. The molecule has 1 fully saturated rings. The summed E-state index contributed by atoms with van der Waals surface area (Å²) in [4.78, 5) is 17.9. The van der Waals surface area contributed by atoms with E-state index >= 15 is 4.39 Å². The molecule has 1 aliphatic rings. The van der Waals surface area contributed by atoms with Gasteiger partial charge in [-0.15, -0.1) is 11.3 Å². The number of nitrogens with zero attached hydrogens (tertiary/aromatic N) is 5. The highest BCUT2D eigenvalue weighted by atomic mass is 32.1. The SMILES string of the molecule is Cc1cc2c(F)c(Oc3cc(Nc4cc(-c5cccs5)[nH]n4)nc(N4CCN(C)CC4)n3)ccc2[nH]1. The minimum Gasteiger partial charge on any atom is -0.436 e. The zero-order chi connectivity index (χ0) is 24.6. The number of halogens is 1. The van der Waals surface area contributed by atoms with Gasteiger partial charge in [0.25, 0.3) is 0 Å². The molecule has 0 unspecified atom stereocenters. The normalized spacial score (nSPS) is 14.5. The van der Waals surface area contributed by atoms with Gasteiger partial charge < -0.3 is 24.8 Å². The molecular formula is C25H25FN8OS. The molecule has 0 amide bonds. The predicted octanol–water partition coefficient (Wildman–Crippen LogP) is 5.14. The fraction of sp³-hybridized carbons (Fsp3) is 0.240. The lowest BCUT2D eigenvalue weighted by atomic mass is 10.2. The number of aromatic nitrogens is 5. The average Bonchev–Trinajstić information content (AvgIpc) is 3.62. The Hall–Kier alpha value is -3.96. The van der Waals surface area contributed by atoms with Crippen LogP contribution >= 0.6 is 11.3 Å². The van der Waals surface area contributed by atoms with Crippen molar-refractivity contribution in [2.75, 3.05) is 43.4 Å². The van der Waals surface area contributed by atoms with Crippen LogP contribution in [0, 0.1) is 12.7 Å². The van der Waals surface area contributed by atoms with Crippen molar-refractivity contribution in [2.45, 2.75) is 6.92 Å². The summed E-state index contributed by atoms with van der Waals surface area (Å²) in [5, 5.41) is 13.2. The van der Waals surface area contributed by atoms with Crippen LogP contribution in [0.25, 0.3) is 21.5 Å². The molecule has 1 aliphatic heterocycles. The molecule has 0 spiro atoms. The molecule has 0 saturated carbocycles. The van der Waals surface area contributed by atoms with Crippen molar-refractivity contribution >= 4 is 39.8 Å². The number of aryl methyl sites for hydroxylation is 1. The third-order valence-corrected chi connectivity index (χ3v) is 7.05. The van der Waals surface area contributed by atoms with Crippen LogP contribution < -0.4 is 15.0 Å². The molecule has 36 heavy (non-hydrogen) atoms. The van der Waals surface area contributed by atoms with E-state index in [1.54, 1.807) is 35.6 Å². The van der Waals surface area contributed by atoms with Crippen molar-refractivity contribution in [2.24, 2.45) is 0 Å². The summed E-state index contributed by atoms with van der Waals surface area (Å²) < 4.78 is 21.2. The van der Waals surface area contributed by atoms with E-state index in [9.17, 15) is 0 Å². The first kappa shape index (κ1) is 22.5. The van der Waals surface area contributed by atoms with Gasteiger partial charge in [0.1, 0.15) is 5.82 Å². The van der Waals surface area contributed by atoms with Crippen molar-refractivity contribution in [1.29, 1.82) is 0 Å². The summed E-state index contributed by atoms with van der Waals surface area (Å²) in [7, 11) is 2.09. The number of likely N-dealkylation sites (N-methyl/N-ethyl adjacent to an activating group) is 1. The molecule has 4 aromatic heterocycles. The number of hydrogen-bond donors (Lipinski definition) is 3. The zero-order valence-electron chi connectivity index (χ0n) is 19.9. The molecule has 11 heteroatoms. The van der Waals surface area contributed by atoms with E-state index in [1.807, 2.05) is 30.5 Å². The van der Waals surface area contributed by atoms with Crippen LogP contribution in [0.2, 0.25) is 0 Å². The number of rotatable bonds is 6. The van der Waals surface area contributed by atoms with Gasteiger partial charge in [-0.25, -0.2) is 4.39 Å². The van der Waals surface area contributed by atoms with Gasteiger partial charge in [-0.2, -0.15) is 15.1 Å². The van der Waals surface area contributed by atoms with Crippen LogP contribution in [0.5, 0.6) is 11.6 Å². The first-order valence-electron chi connectivity index (χ1n) is 11.7. The van der Waals surface area contributed by atoms with E-state index in [1.165, 1.54) is 0 Å². The molecular weight excluding hydrogens is 479 g/mol. The lowest BCUT2D eigenvalue weighted by Crippen LogP contribution is -2.45. The smallest absolute Gasteiger partial charge is 0.230 e. The summed E-state index contributed by atoms with van der Waals surface area (Å²) in [5.74, 6) is 1.58. The minimum atomic E-state index is -0.431. The van der Waals surface area contributed by atoms with Gasteiger partial charge in [0.05, 0.1) is 10.6 Å². The third-order valence-electron chi connectivity index (χ3n) is 6.15. The predicted molar refractivity (Wildman–Crippen MR) is 140 cm³/mol. The van der Waals surface area contributed by atoms with E-state index in [0.29, 0.717) is 23.0 Å². The summed E-state index contributed by atoms with van der Waals surface area (Å²) in [6.07, 6.45) is 0. The second-order valence-corrected chi connectivity index (χ2v) is 9.79. The Kier molecular flexibility index (Phi) is 5.78. The molecule has 0 atom stereocenters. The first-order chi connectivity index (χ1) is 17.5. The maximum atomic E-state index is 15.2. The molecule has 6 rings (SSSR count). The highest BCUT2D eigenvalue weighted by molar-refractivity contribution is 7.13. The minimum absolute atomic E-state index is 0.107. The van der Waals surface area contributed by atoms with Gasteiger partial charge in [0, 0.05) is 54.9 Å². The van der Waals surface area contributed by atoms with E-state index in [4.69, 9.17) is 9.72 Å². The molecule has 5 heterocycles. The lowest BCUT2D eigenvalue weighted by Gasteiger charge is -2.32. The highest BCUT2D eigenvalue weighted by Crippen LogP contribution is 2.32. The van der Waals surface area contributed by atoms with E-state index in [-0.39, 0.29) is 11.6 Å². The first-order valence-corrected chi connectivity index (χ1v) is 12.5. The van der Waals surface area contributed by atoms with Gasteiger partial charge >= 0.3 is 0 Å². The van der Waals surface area contributed by atoms with Gasteiger partial charge in [-0.3, -0.25) is 5.10 Å². The number of ether oxygens (including phenoxy) is 1. The van der Waals surface area contributed by atoms with Crippen LogP contribution in [-0.4, -0.2) is 63.3 Å². The summed E-state index contributed by atoms with van der Waals surface area (Å²) >= 11 is 1.63. The van der Waals surface area contributed by atoms with Crippen LogP contribution in [0.3, 0.4) is 0 Å². The van der Waals surface area contributed by atoms with Crippen LogP contribution in [-0.2, 0) is 0 Å². The van der Waals surface area contributed by atoms with Gasteiger partial charge in [-0.05, 0) is 43.6 Å². The Morgan fingerprint density at radius 2 is 1.92 bits per heavy atom. The third kappa shape index (κ3) is 4.50. The van der Waals surface area contributed by atoms with Gasteiger partial charge in [0.15, 0.2) is 17.4 Å². The Labute approximate surface area is 211 Å². The number of piperazine rings is 1. The monoisotopic (exact) mass is 504 g/mol. The number of H-pyrrole nitrogens is 2. The Morgan fingerprint density at radius 3 is 2.72 bits per heavy atom. The number of nitrogens with one attached hydrogen (secondary N) is 3. The number of benzene rings is 1. The molecule has 1 saturated heterocycles. The largest absolute Gasteiger partial charge is 0.436 e. The lowest BCUT2D eigenvalue weighted by molar-refractivity contribution is 0.310. The fourth-order valence-corrected chi connectivity index (χ4v) is 4.92. The second-order valence-electron chi connectivity index (χ2n) is 8.84. The standard InChI is InChI=1S/C25H25FN8OS/c1-15-12-16-17(27-15)5-6-19(24(16)26)35-23-14-21(29-25(30-23)34-9-7-33(2)8-10-34)28-22-13-18(31-32-22)20-4-3-11-36-20/h3-6,11-14,27H,7-10H2,1-2H3,(H2,28,29,30,31,32). The summed E-state index contributed by atoms with van der Waals surface area (Å²) in [6, 6.07) is 12.8. The van der Waals surface area contributed by atoms with Crippen LogP contribution in [0.4, 0.5) is 22.0 Å². The molecule has 0 radical (unpaired) electrons. The van der Waals surface area contributed by atoms with E-state index in [2.05, 4.69) is 42.3 Å². The molecule has 0 aliphatic carbocycles. The van der Waals surface area contributed by atoms with Gasteiger partial charge in [0.2, 0.25) is 11.8 Å². The van der Waals surface area contributed by atoms with E-state index in [0.717, 1.165) is 48.0 Å². The average molecular weight is 505 g/mol. The highest BCUT2D eigenvalue weighted by Gasteiger charge is 2.20. The molecule has 3 N–H and O–H groups in total. The molecule has 0 bridgehead atoms. The van der Waals surface area contributed by atoms with Gasteiger partial charge in [-0.1, -0.05) is 6.07 Å². The summed E-state index contributed by atoms with van der Waals surface area (Å²) in [6.45, 7) is 5.27. The molecule has 1 aromatic carbocycles. The molecule has 184 valence electrons. The Bertz CT molecular complexity index is 1500.